The molecule has 1 unspecified atom stereocenters. The fraction of sp³-hybridized carbons (Fsp3) is 0.350. The first kappa shape index (κ1) is 19.2. The number of fused-ring (bicyclic) bond motifs is 1. The minimum absolute atomic E-state index is 0.0159. The molecule has 0 saturated heterocycles. The predicted octanol–water partition coefficient (Wildman–Crippen LogP) is 3.97. The van der Waals surface area contributed by atoms with E-state index < -0.39 is 10.0 Å². The van der Waals surface area contributed by atoms with Gasteiger partial charge in [0.2, 0.25) is 5.91 Å². The topological polar surface area (TPSA) is 84.5 Å². The lowest BCUT2D eigenvalue weighted by Crippen LogP contribution is -2.17. The normalized spacial score (nSPS) is 16.4. The van der Waals surface area contributed by atoms with Gasteiger partial charge in [0.1, 0.15) is 5.75 Å². The largest absolute Gasteiger partial charge is 0.491 e. The molecule has 2 aromatic carbocycles. The van der Waals surface area contributed by atoms with Gasteiger partial charge in [0.25, 0.3) is 10.0 Å². The van der Waals surface area contributed by atoms with Crippen molar-refractivity contribution in [3.63, 3.8) is 0 Å². The standard InChI is InChI=1S/C20H24N2O4S/c1-12(2)19-17-11-14(5-10-18(17)21-20(19)23)22-27(24,25)16-8-6-15(7-9-16)26-13(3)4/h5-13,19,22H,1-4H3,(H,21,23). The molecule has 0 aromatic heterocycles. The summed E-state index contributed by atoms with van der Waals surface area (Å²) in [6, 6.07) is 11.4. The van der Waals surface area contributed by atoms with Crippen molar-refractivity contribution in [2.45, 2.75) is 44.6 Å². The van der Waals surface area contributed by atoms with E-state index in [4.69, 9.17) is 4.74 Å². The van der Waals surface area contributed by atoms with Gasteiger partial charge < -0.3 is 10.1 Å². The Labute approximate surface area is 160 Å². The fourth-order valence-corrected chi connectivity index (χ4v) is 4.24. The van der Waals surface area contributed by atoms with Crippen molar-refractivity contribution in [2.75, 3.05) is 10.0 Å². The number of benzene rings is 2. The Morgan fingerprint density at radius 2 is 1.70 bits per heavy atom. The van der Waals surface area contributed by atoms with Gasteiger partial charge in [0.15, 0.2) is 0 Å². The summed E-state index contributed by atoms with van der Waals surface area (Å²) in [5, 5.41) is 2.84. The average Bonchev–Trinajstić information content (AvgIpc) is 2.89. The van der Waals surface area contributed by atoms with Crippen LogP contribution in [0, 0.1) is 5.92 Å². The van der Waals surface area contributed by atoms with E-state index in [1.165, 1.54) is 12.1 Å². The molecule has 1 aliphatic rings. The molecule has 1 amide bonds. The lowest BCUT2D eigenvalue weighted by molar-refractivity contribution is -0.117. The summed E-state index contributed by atoms with van der Waals surface area (Å²) < 4.78 is 33.5. The van der Waals surface area contributed by atoms with Crippen LogP contribution in [-0.4, -0.2) is 20.4 Å². The SMILES string of the molecule is CC(C)Oc1ccc(S(=O)(=O)Nc2ccc3c(c2)C(C(C)C)C(=O)N3)cc1. The summed E-state index contributed by atoms with van der Waals surface area (Å²) in [6.07, 6.45) is 0.0159. The maximum atomic E-state index is 12.7. The Kier molecular flexibility index (Phi) is 5.15. The lowest BCUT2D eigenvalue weighted by atomic mass is 9.89. The highest BCUT2D eigenvalue weighted by Gasteiger charge is 2.33. The number of carbonyl (C=O) groups excluding carboxylic acids is 1. The molecule has 1 aliphatic heterocycles. The van der Waals surface area contributed by atoms with E-state index in [0.29, 0.717) is 11.4 Å². The minimum Gasteiger partial charge on any atom is -0.491 e. The summed E-state index contributed by atoms with van der Waals surface area (Å²) in [5.41, 5.74) is 1.98. The zero-order valence-corrected chi connectivity index (χ0v) is 16.6. The Morgan fingerprint density at radius 3 is 2.30 bits per heavy atom. The van der Waals surface area contributed by atoms with Gasteiger partial charge in [-0.3, -0.25) is 9.52 Å². The number of hydrogen-bond donors (Lipinski definition) is 2. The molecule has 27 heavy (non-hydrogen) atoms. The predicted molar refractivity (Wildman–Crippen MR) is 106 cm³/mol. The van der Waals surface area contributed by atoms with Crippen LogP contribution in [0.3, 0.4) is 0 Å². The molecule has 2 aromatic rings. The monoisotopic (exact) mass is 388 g/mol. The quantitative estimate of drug-likeness (QED) is 0.784. The van der Waals surface area contributed by atoms with E-state index in [9.17, 15) is 13.2 Å². The van der Waals surface area contributed by atoms with Crippen molar-refractivity contribution in [3.8, 4) is 5.75 Å². The highest BCUT2D eigenvalue weighted by Crippen LogP contribution is 2.39. The van der Waals surface area contributed by atoms with Gasteiger partial charge in [-0.1, -0.05) is 13.8 Å². The molecule has 0 aliphatic carbocycles. The number of amides is 1. The van der Waals surface area contributed by atoms with Crippen molar-refractivity contribution in [1.29, 1.82) is 0 Å². The van der Waals surface area contributed by atoms with Crippen LogP contribution >= 0.6 is 0 Å². The first-order valence-electron chi connectivity index (χ1n) is 8.92. The Morgan fingerprint density at radius 1 is 1.04 bits per heavy atom. The third-order valence-corrected chi connectivity index (χ3v) is 5.75. The van der Waals surface area contributed by atoms with Crippen molar-refractivity contribution in [2.24, 2.45) is 5.92 Å². The molecule has 1 atom stereocenters. The van der Waals surface area contributed by atoms with Crippen LogP contribution in [-0.2, 0) is 14.8 Å². The lowest BCUT2D eigenvalue weighted by Gasteiger charge is -2.14. The van der Waals surface area contributed by atoms with Crippen LogP contribution in [0.25, 0.3) is 0 Å². The molecule has 3 rings (SSSR count). The molecule has 0 saturated carbocycles. The van der Waals surface area contributed by atoms with E-state index in [0.717, 1.165) is 11.3 Å². The van der Waals surface area contributed by atoms with Crippen LogP contribution in [0.1, 0.15) is 39.2 Å². The first-order valence-corrected chi connectivity index (χ1v) is 10.4. The van der Waals surface area contributed by atoms with E-state index in [1.54, 1.807) is 30.3 Å². The van der Waals surface area contributed by atoms with Crippen molar-refractivity contribution >= 4 is 27.3 Å². The number of nitrogens with one attached hydrogen (secondary N) is 2. The summed E-state index contributed by atoms with van der Waals surface area (Å²) >= 11 is 0. The van der Waals surface area contributed by atoms with Gasteiger partial charge >= 0.3 is 0 Å². The summed E-state index contributed by atoms with van der Waals surface area (Å²) in [4.78, 5) is 12.3. The molecule has 0 radical (unpaired) electrons. The zero-order chi connectivity index (χ0) is 19.8. The van der Waals surface area contributed by atoms with E-state index in [2.05, 4.69) is 10.0 Å². The van der Waals surface area contributed by atoms with Gasteiger partial charge in [-0.15, -0.1) is 0 Å². The number of rotatable bonds is 6. The molecular formula is C20H24N2O4S. The molecule has 0 fully saturated rings. The van der Waals surface area contributed by atoms with Gasteiger partial charge in [-0.25, -0.2) is 8.42 Å². The second-order valence-electron chi connectivity index (χ2n) is 7.26. The molecule has 2 N–H and O–H groups in total. The highest BCUT2D eigenvalue weighted by molar-refractivity contribution is 7.92. The third kappa shape index (κ3) is 4.08. The Hall–Kier alpha value is -2.54. The molecule has 0 spiro atoms. The molecular weight excluding hydrogens is 364 g/mol. The van der Waals surface area contributed by atoms with Crippen LogP contribution in [0.5, 0.6) is 5.75 Å². The van der Waals surface area contributed by atoms with E-state index >= 15 is 0 Å². The average molecular weight is 388 g/mol. The number of ether oxygens (including phenoxy) is 1. The Balaban J connectivity index is 1.84. The van der Waals surface area contributed by atoms with Gasteiger partial charge in [0.05, 0.1) is 16.9 Å². The van der Waals surface area contributed by atoms with E-state index in [1.807, 2.05) is 27.7 Å². The molecule has 144 valence electrons. The number of hydrogen-bond acceptors (Lipinski definition) is 4. The van der Waals surface area contributed by atoms with Crippen molar-refractivity contribution < 1.29 is 17.9 Å². The molecule has 0 bridgehead atoms. The summed E-state index contributed by atoms with van der Waals surface area (Å²) in [6.45, 7) is 7.75. The van der Waals surface area contributed by atoms with Crippen LogP contribution in [0.2, 0.25) is 0 Å². The number of carbonyl (C=O) groups is 1. The molecule has 1 heterocycles. The third-order valence-electron chi connectivity index (χ3n) is 4.35. The first-order chi connectivity index (χ1) is 12.7. The van der Waals surface area contributed by atoms with Gasteiger partial charge in [-0.2, -0.15) is 0 Å². The van der Waals surface area contributed by atoms with Gasteiger partial charge in [-0.05, 0) is 67.8 Å². The van der Waals surface area contributed by atoms with Crippen molar-refractivity contribution in [1.82, 2.24) is 0 Å². The van der Waals surface area contributed by atoms with E-state index in [-0.39, 0.29) is 28.7 Å². The van der Waals surface area contributed by atoms with Gasteiger partial charge in [0, 0.05) is 11.4 Å². The molecule has 6 nitrogen and oxygen atoms in total. The Bertz CT molecular complexity index is 950. The van der Waals surface area contributed by atoms with Crippen molar-refractivity contribution in [3.05, 3.63) is 48.0 Å². The minimum atomic E-state index is -3.74. The highest BCUT2D eigenvalue weighted by atomic mass is 32.2. The smallest absolute Gasteiger partial charge is 0.261 e. The van der Waals surface area contributed by atoms with Crippen LogP contribution in [0.4, 0.5) is 11.4 Å². The second kappa shape index (κ2) is 7.23. The summed E-state index contributed by atoms with van der Waals surface area (Å²) in [7, 11) is -3.74. The summed E-state index contributed by atoms with van der Waals surface area (Å²) in [5.74, 6) is 0.398. The second-order valence-corrected chi connectivity index (χ2v) is 8.94. The fourth-order valence-electron chi connectivity index (χ4n) is 3.19. The number of sulfonamides is 1. The zero-order valence-electron chi connectivity index (χ0n) is 15.8. The van der Waals surface area contributed by atoms with Crippen LogP contribution in [0.15, 0.2) is 47.4 Å². The maximum Gasteiger partial charge on any atom is 0.261 e. The van der Waals surface area contributed by atoms with Crippen LogP contribution < -0.4 is 14.8 Å². The maximum absolute atomic E-state index is 12.7. The number of anilines is 2. The molecule has 7 heteroatoms.